The zero-order chi connectivity index (χ0) is 18.4. The van der Waals surface area contributed by atoms with Gasteiger partial charge in [0, 0.05) is 25.2 Å². The van der Waals surface area contributed by atoms with Crippen LogP contribution in [0.15, 0.2) is 18.2 Å². The Morgan fingerprint density at radius 2 is 2.20 bits per heavy atom. The lowest BCUT2D eigenvalue weighted by atomic mass is 9.90. The van der Waals surface area contributed by atoms with Crippen LogP contribution in [0.3, 0.4) is 0 Å². The number of rotatable bonds is 8. The van der Waals surface area contributed by atoms with Crippen LogP contribution in [0.2, 0.25) is 0 Å². The molecule has 0 unspecified atom stereocenters. The molecule has 1 N–H and O–H groups in total. The number of piperidine rings is 1. The molecule has 5 nitrogen and oxygen atoms in total. The zero-order valence-electron chi connectivity index (χ0n) is 15.4. The van der Waals surface area contributed by atoms with Crippen molar-refractivity contribution in [3.8, 4) is 5.75 Å². The first kappa shape index (κ1) is 19.7. The third-order valence-corrected chi connectivity index (χ3v) is 4.74. The fraction of sp³-hybridized carbons (Fsp3) is 0.632. The molecule has 1 heterocycles. The van der Waals surface area contributed by atoms with Gasteiger partial charge in [-0.1, -0.05) is 13.3 Å². The molecule has 1 aromatic rings. The summed E-state index contributed by atoms with van der Waals surface area (Å²) in [6, 6.07) is 4.49. The largest absolute Gasteiger partial charge is 0.497 e. The van der Waals surface area contributed by atoms with E-state index in [0.29, 0.717) is 37.2 Å². The number of hydrogen-bond donors (Lipinski definition) is 1. The van der Waals surface area contributed by atoms with E-state index in [0.717, 1.165) is 19.4 Å². The molecule has 1 atom stereocenters. The molecule has 6 heteroatoms. The highest BCUT2D eigenvalue weighted by Gasteiger charge is 2.42. The van der Waals surface area contributed by atoms with Gasteiger partial charge in [0.15, 0.2) is 5.60 Å². The van der Waals surface area contributed by atoms with E-state index in [2.05, 4.69) is 6.92 Å². The summed E-state index contributed by atoms with van der Waals surface area (Å²) in [6.45, 7) is 3.93. The molecule has 0 spiro atoms. The molecular formula is C19H29FN2O3. The number of methoxy groups -OCH3 is 1. The van der Waals surface area contributed by atoms with Crippen LogP contribution in [0.5, 0.6) is 5.75 Å². The molecule has 0 bridgehead atoms. The standard InChI is InChI=1S/C19H29FN2O3/c1-4-5-10-21(2)14-19(24)9-6-11-22(18(19)23)13-15-12-16(25-3)7-8-17(15)20/h7-8,12,24H,4-6,9-11,13-14H2,1-3H3/t19-/m1/s1. The topological polar surface area (TPSA) is 53.0 Å². The van der Waals surface area contributed by atoms with E-state index in [1.807, 2.05) is 11.9 Å². The van der Waals surface area contributed by atoms with Gasteiger partial charge in [0.05, 0.1) is 7.11 Å². The van der Waals surface area contributed by atoms with Crippen molar-refractivity contribution in [2.75, 3.05) is 33.8 Å². The van der Waals surface area contributed by atoms with Crippen LogP contribution in [0, 0.1) is 5.82 Å². The molecule has 0 aromatic heterocycles. The molecular weight excluding hydrogens is 323 g/mol. The highest BCUT2D eigenvalue weighted by atomic mass is 19.1. The molecule has 1 aliphatic heterocycles. The first-order valence-electron chi connectivity index (χ1n) is 8.92. The van der Waals surface area contributed by atoms with Crippen LogP contribution in [0.4, 0.5) is 4.39 Å². The normalized spacial score (nSPS) is 21.0. The minimum Gasteiger partial charge on any atom is -0.497 e. The Hall–Kier alpha value is -1.66. The smallest absolute Gasteiger partial charge is 0.256 e. The maximum Gasteiger partial charge on any atom is 0.256 e. The summed E-state index contributed by atoms with van der Waals surface area (Å²) in [7, 11) is 3.44. The van der Waals surface area contributed by atoms with Crippen molar-refractivity contribution >= 4 is 5.91 Å². The van der Waals surface area contributed by atoms with Gasteiger partial charge in [0.25, 0.3) is 5.91 Å². The fourth-order valence-electron chi connectivity index (χ4n) is 3.32. The molecule has 1 fully saturated rings. The third-order valence-electron chi connectivity index (χ3n) is 4.74. The number of hydrogen-bond acceptors (Lipinski definition) is 4. The minimum atomic E-state index is -1.39. The quantitative estimate of drug-likeness (QED) is 0.781. The predicted molar refractivity (Wildman–Crippen MR) is 95.0 cm³/mol. The van der Waals surface area contributed by atoms with E-state index in [1.54, 1.807) is 17.0 Å². The number of likely N-dealkylation sites (tertiary alicyclic amines) is 1. The first-order chi connectivity index (χ1) is 11.9. The second kappa shape index (κ2) is 8.63. The number of ether oxygens (including phenoxy) is 1. The molecule has 1 saturated heterocycles. The maximum atomic E-state index is 14.1. The molecule has 1 aliphatic rings. The Morgan fingerprint density at radius 3 is 2.88 bits per heavy atom. The van der Waals surface area contributed by atoms with Gasteiger partial charge in [-0.3, -0.25) is 4.79 Å². The summed E-state index contributed by atoms with van der Waals surface area (Å²) in [5.41, 5.74) is -0.993. The van der Waals surface area contributed by atoms with Gasteiger partial charge >= 0.3 is 0 Å². The summed E-state index contributed by atoms with van der Waals surface area (Å²) in [5, 5.41) is 10.9. The van der Waals surface area contributed by atoms with Gasteiger partial charge in [-0.05, 0) is 51.1 Å². The number of unbranched alkanes of at least 4 members (excludes halogenated alkanes) is 1. The summed E-state index contributed by atoms with van der Waals surface area (Å²) in [6.07, 6.45) is 3.24. The van der Waals surface area contributed by atoms with E-state index in [4.69, 9.17) is 4.74 Å². The Balaban J connectivity index is 2.08. The van der Waals surface area contributed by atoms with Gasteiger partial charge in [0.1, 0.15) is 11.6 Å². The summed E-state index contributed by atoms with van der Waals surface area (Å²) >= 11 is 0. The van der Waals surface area contributed by atoms with Crippen molar-refractivity contribution in [3.63, 3.8) is 0 Å². The van der Waals surface area contributed by atoms with Crippen LogP contribution in [-0.2, 0) is 11.3 Å². The van der Waals surface area contributed by atoms with Gasteiger partial charge in [-0.25, -0.2) is 4.39 Å². The number of likely N-dealkylation sites (N-methyl/N-ethyl adjacent to an activating group) is 1. The van der Waals surface area contributed by atoms with Gasteiger partial charge in [-0.15, -0.1) is 0 Å². The molecule has 2 rings (SSSR count). The molecule has 1 amide bonds. The third kappa shape index (κ3) is 4.92. The van der Waals surface area contributed by atoms with Crippen LogP contribution < -0.4 is 4.74 Å². The fourth-order valence-corrected chi connectivity index (χ4v) is 3.32. The number of carbonyl (C=O) groups is 1. The number of benzene rings is 1. The van der Waals surface area contributed by atoms with Gasteiger partial charge < -0.3 is 19.6 Å². The Morgan fingerprint density at radius 1 is 1.44 bits per heavy atom. The van der Waals surface area contributed by atoms with Crippen LogP contribution in [0.25, 0.3) is 0 Å². The van der Waals surface area contributed by atoms with Crippen molar-refractivity contribution in [3.05, 3.63) is 29.6 Å². The molecule has 140 valence electrons. The summed E-state index contributed by atoms with van der Waals surface area (Å²) in [5.74, 6) is -0.137. The first-order valence-corrected chi connectivity index (χ1v) is 8.92. The van der Waals surface area contributed by atoms with Crippen molar-refractivity contribution in [2.45, 2.75) is 44.8 Å². The number of nitrogens with zero attached hydrogens (tertiary/aromatic N) is 2. The predicted octanol–water partition coefficient (Wildman–Crippen LogP) is 2.42. The SMILES string of the molecule is CCCCN(C)C[C@]1(O)CCCN(Cc2cc(OC)ccc2F)C1=O. The number of aliphatic hydroxyl groups is 1. The van der Waals surface area contributed by atoms with Crippen LogP contribution in [0.1, 0.15) is 38.2 Å². The van der Waals surface area contributed by atoms with E-state index in [9.17, 15) is 14.3 Å². The molecule has 0 aliphatic carbocycles. The minimum absolute atomic E-state index is 0.142. The van der Waals surface area contributed by atoms with Crippen molar-refractivity contribution in [2.24, 2.45) is 0 Å². The lowest BCUT2D eigenvalue weighted by molar-refractivity contribution is -0.159. The number of halogens is 1. The van der Waals surface area contributed by atoms with Crippen molar-refractivity contribution in [1.82, 2.24) is 9.80 Å². The molecule has 0 saturated carbocycles. The van der Waals surface area contributed by atoms with E-state index in [-0.39, 0.29) is 18.3 Å². The summed E-state index contributed by atoms with van der Waals surface area (Å²) < 4.78 is 19.2. The summed E-state index contributed by atoms with van der Waals surface area (Å²) in [4.78, 5) is 16.4. The lowest BCUT2D eigenvalue weighted by Crippen LogP contribution is -2.58. The maximum absolute atomic E-state index is 14.1. The van der Waals surface area contributed by atoms with E-state index < -0.39 is 5.60 Å². The van der Waals surface area contributed by atoms with E-state index in [1.165, 1.54) is 13.2 Å². The van der Waals surface area contributed by atoms with Gasteiger partial charge in [0.2, 0.25) is 0 Å². The molecule has 1 aromatic carbocycles. The Bertz CT molecular complexity index is 596. The lowest BCUT2D eigenvalue weighted by Gasteiger charge is -2.40. The van der Waals surface area contributed by atoms with E-state index >= 15 is 0 Å². The highest BCUT2D eigenvalue weighted by molar-refractivity contribution is 5.86. The van der Waals surface area contributed by atoms with Crippen LogP contribution in [-0.4, -0.2) is 60.2 Å². The van der Waals surface area contributed by atoms with Crippen LogP contribution >= 0.6 is 0 Å². The Labute approximate surface area is 149 Å². The molecule has 25 heavy (non-hydrogen) atoms. The second-order valence-corrected chi connectivity index (χ2v) is 6.91. The Kier molecular flexibility index (Phi) is 6.79. The van der Waals surface area contributed by atoms with Crippen molar-refractivity contribution in [1.29, 1.82) is 0 Å². The van der Waals surface area contributed by atoms with Gasteiger partial charge in [-0.2, -0.15) is 0 Å². The number of amides is 1. The molecule has 0 radical (unpaired) electrons. The monoisotopic (exact) mass is 352 g/mol. The van der Waals surface area contributed by atoms with Crippen molar-refractivity contribution < 1.29 is 19.0 Å². The zero-order valence-corrected chi connectivity index (χ0v) is 15.4. The highest BCUT2D eigenvalue weighted by Crippen LogP contribution is 2.26. The average Bonchev–Trinajstić information content (AvgIpc) is 2.59. The second-order valence-electron chi connectivity index (χ2n) is 6.91. The average molecular weight is 352 g/mol. The number of carbonyl (C=O) groups excluding carboxylic acids is 1.